The molecule has 1 aromatic rings. The lowest BCUT2D eigenvalue weighted by molar-refractivity contribution is -0.384. The summed E-state index contributed by atoms with van der Waals surface area (Å²) in [5, 5.41) is 10.9. The molecular weight excluding hydrogens is 256 g/mol. The summed E-state index contributed by atoms with van der Waals surface area (Å²) < 4.78 is 0. The molecule has 0 radical (unpaired) electrons. The zero-order valence-corrected chi connectivity index (χ0v) is 11.1. The second-order valence-electron chi connectivity index (χ2n) is 4.83. The van der Waals surface area contributed by atoms with Crippen molar-refractivity contribution in [1.82, 2.24) is 9.97 Å². The molecule has 1 unspecified atom stereocenters. The molecule has 2 rings (SSSR count). The lowest BCUT2D eigenvalue weighted by Crippen LogP contribution is -2.23. The molecule has 1 aromatic heterocycles. The SMILES string of the molecule is CC(C)C1CCN(c2ncnc(Cl)c2[N+](=O)[O-])C1. The van der Waals surface area contributed by atoms with Crippen molar-refractivity contribution in [2.24, 2.45) is 11.8 Å². The molecule has 2 heterocycles. The van der Waals surface area contributed by atoms with Crippen LogP contribution in [0.25, 0.3) is 0 Å². The van der Waals surface area contributed by atoms with Crippen molar-refractivity contribution in [3.8, 4) is 0 Å². The number of nitrogens with zero attached hydrogens (tertiary/aromatic N) is 4. The van der Waals surface area contributed by atoms with Gasteiger partial charge in [0.15, 0.2) is 0 Å². The Morgan fingerprint density at radius 1 is 1.56 bits per heavy atom. The lowest BCUT2D eigenvalue weighted by atomic mass is 9.95. The molecule has 0 aromatic carbocycles. The summed E-state index contributed by atoms with van der Waals surface area (Å²) in [4.78, 5) is 20.1. The first-order valence-corrected chi connectivity index (χ1v) is 6.28. The van der Waals surface area contributed by atoms with Crippen LogP contribution in [0.5, 0.6) is 0 Å². The van der Waals surface area contributed by atoms with Gasteiger partial charge in [-0.2, -0.15) is 0 Å². The Bertz CT molecular complexity index is 466. The highest BCUT2D eigenvalue weighted by atomic mass is 35.5. The van der Waals surface area contributed by atoms with Crippen molar-refractivity contribution in [3.63, 3.8) is 0 Å². The first kappa shape index (κ1) is 13.0. The zero-order valence-electron chi connectivity index (χ0n) is 10.3. The topological polar surface area (TPSA) is 72.2 Å². The first-order valence-electron chi connectivity index (χ1n) is 5.90. The van der Waals surface area contributed by atoms with E-state index < -0.39 is 4.92 Å². The molecule has 1 aliphatic rings. The molecule has 18 heavy (non-hydrogen) atoms. The minimum atomic E-state index is -0.514. The van der Waals surface area contributed by atoms with E-state index in [2.05, 4.69) is 23.8 Å². The Morgan fingerprint density at radius 2 is 2.28 bits per heavy atom. The number of rotatable bonds is 3. The predicted octanol–water partition coefficient (Wildman–Crippen LogP) is 2.52. The Labute approximate surface area is 110 Å². The molecular formula is C11H15ClN4O2. The lowest BCUT2D eigenvalue weighted by Gasteiger charge is -2.18. The van der Waals surface area contributed by atoms with Gasteiger partial charge < -0.3 is 4.90 Å². The van der Waals surface area contributed by atoms with Crippen molar-refractivity contribution in [2.45, 2.75) is 20.3 Å². The minimum Gasteiger partial charge on any atom is -0.350 e. The highest BCUT2D eigenvalue weighted by Gasteiger charge is 2.32. The molecule has 0 bridgehead atoms. The predicted molar refractivity (Wildman–Crippen MR) is 68.9 cm³/mol. The highest BCUT2D eigenvalue weighted by molar-refractivity contribution is 6.31. The maximum atomic E-state index is 11.0. The molecule has 1 aliphatic heterocycles. The Balaban J connectivity index is 2.30. The van der Waals surface area contributed by atoms with E-state index in [1.54, 1.807) is 0 Å². The summed E-state index contributed by atoms with van der Waals surface area (Å²) in [7, 11) is 0. The minimum absolute atomic E-state index is 0.0991. The van der Waals surface area contributed by atoms with E-state index in [0.717, 1.165) is 19.5 Å². The molecule has 0 spiro atoms. The van der Waals surface area contributed by atoms with Crippen molar-refractivity contribution < 1.29 is 4.92 Å². The van der Waals surface area contributed by atoms with Gasteiger partial charge in [0.25, 0.3) is 0 Å². The number of halogens is 1. The number of aromatic nitrogens is 2. The van der Waals surface area contributed by atoms with Crippen LogP contribution >= 0.6 is 11.6 Å². The van der Waals surface area contributed by atoms with E-state index in [1.165, 1.54) is 6.33 Å². The molecule has 6 nitrogen and oxygen atoms in total. The Hall–Kier alpha value is -1.43. The summed E-state index contributed by atoms with van der Waals surface area (Å²) in [6.07, 6.45) is 2.30. The third kappa shape index (κ3) is 2.38. The average Bonchev–Trinajstić information content (AvgIpc) is 2.77. The van der Waals surface area contributed by atoms with Crippen LogP contribution in [0.15, 0.2) is 6.33 Å². The fourth-order valence-corrected chi connectivity index (χ4v) is 2.46. The van der Waals surface area contributed by atoms with Gasteiger partial charge >= 0.3 is 5.69 Å². The van der Waals surface area contributed by atoms with Crippen LogP contribution < -0.4 is 4.90 Å². The van der Waals surface area contributed by atoms with E-state index in [-0.39, 0.29) is 10.8 Å². The normalized spacial score (nSPS) is 19.6. The van der Waals surface area contributed by atoms with Gasteiger partial charge in [0.05, 0.1) is 4.92 Å². The maximum absolute atomic E-state index is 11.0. The van der Waals surface area contributed by atoms with Crippen molar-refractivity contribution in [3.05, 3.63) is 21.6 Å². The van der Waals surface area contributed by atoms with Gasteiger partial charge in [-0.1, -0.05) is 25.4 Å². The molecule has 98 valence electrons. The van der Waals surface area contributed by atoms with Crippen molar-refractivity contribution in [1.29, 1.82) is 0 Å². The van der Waals surface area contributed by atoms with Crippen LogP contribution in [-0.2, 0) is 0 Å². The van der Waals surface area contributed by atoms with Crippen LogP contribution in [0.2, 0.25) is 5.15 Å². The third-order valence-corrected chi connectivity index (χ3v) is 3.68. The van der Waals surface area contributed by atoms with Crippen molar-refractivity contribution in [2.75, 3.05) is 18.0 Å². The average molecular weight is 271 g/mol. The second kappa shape index (κ2) is 5.06. The van der Waals surface area contributed by atoms with Gasteiger partial charge in [-0.25, -0.2) is 9.97 Å². The zero-order chi connectivity index (χ0) is 13.3. The standard InChI is InChI=1S/C11H15ClN4O2/c1-7(2)8-3-4-15(5-8)11-9(16(17)18)10(12)13-6-14-11/h6-8H,3-5H2,1-2H3. The van der Waals surface area contributed by atoms with Gasteiger partial charge in [-0.15, -0.1) is 0 Å². The second-order valence-corrected chi connectivity index (χ2v) is 5.19. The number of hydrogen-bond acceptors (Lipinski definition) is 5. The van der Waals surface area contributed by atoms with Crippen LogP contribution in [0.1, 0.15) is 20.3 Å². The summed E-state index contributed by atoms with van der Waals surface area (Å²) in [5.74, 6) is 1.44. The Morgan fingerprint density at radius 3 is 2.83 bits per heavy atom. The van der Waals surface area contributed by atoms with Crippen LogP contribution in [0, 0.1) is 22.0 Å². The monoisotopic (exact) mass is 270 g/mol. The molecule has 0 N–H and O–H groups in total. The fourth-order valence-electron chi connectivity index (χ4n) is 2.26. The summed E-state index contributed by atoms with van der Waals surface area (Å²) >= 11 is 5.78. The van der Waals surface area contributed by atoms with E-state index in [9.17, 15) is 10.1 Å². The summed E-state index contributed by atoms with van der Waals surface area (Å²) in [6.45, 7) is 5.88. The third-order valence-electron chi connectivity index (χ3n) is 3.41. The van der Waals surface area contributed by atoms with Gasteiger partial charge in [-0.05, 0) is 18.3 Å². The van der Waals surface area contributed by atoms with E-state index in [1.807, 2.05) is 4.90 Å². The first-order chi connectivity index (χ1) is 8.50. The molecule has 0 aliphatic carbocycles. The van der Waals surface area contributed by atoms with Gasteiger partial charge in [-0.3, -0.25) is 10.1 Å². The largest absolute Gasteiger partial charge is 0.350 e. The highest BCUT2D eigenvalue weighted by Crippen LogP contribution is 2.35. The van der Waals surface area contributed by atoms with E-state index in [0.29, 0.717) is 17.7 Å². The molecule has 0 saturated carbocycles. The molecule has 1 atom stereocenters. The van der Waals surface area contributed by atoms with E-state index in [4.69, 9.17) is 11.6 Å². The maximum Gasteiger partial charge on any atom is 0.348 e. The quantitative estimate of drug-likeness (QED) is 0.479. The fraction of sp³-hybridized carbons (Fsp3) is 0.636. The van der Waals surface area contributed by atoms with Gasteiger partial charge in [0.1, 0.15) is 6.33 Å². The van der Waals surface area contributed by atoms with Crippen LogP contribution in [0.4, 0.5) is 11.5 Å². The summed E-state index contributed by atoms with van der Waals surface area (Å²) in [5.41, 5.74) is -0.191. The van der Waals surface area contributed by atoms with Gasteiger partial charge in [0, 0.05) is 13.1 Å². The Kier molecular flexibility index (Phi) is 3.65. The number of hydrogen-bond donors (Lipinski definition) is 0. The molecule has 7 heteroatoms. The van der Waals surface area contributed by atoms with Gasteiger partial charge in [0.2, 0.25) is 11.0 Å². The smallest absolute Gasteiger partial charge is 0.348 e. The number of anilines is 1. The van der Waals surface area contributed by atoms with Crippen LogP contribution in [-0.4, -0.2) is 28.0 Å². The molecule has 1 saturated heterocycles. The van der Waals surface area contributed by atoms with Crippen molar-refractivity contribution >= 4 is 23.1 Å². The molecule has 0 amide bonds. The summed E-state index contributed by atoms with van der Waals surface area (Å²) in [6, 6.07) is 0. The van der Waals surface area contributed by atoms with E-state index >= 15 is 0 Å². The van der Waals surface area contributed by atoms with Crippen LogP contribution in [0.3, 0.4) is 0 Å². The number of nitro groups is 1. The molecule has 1 fully saturated rings.